The fourth-order valence-electron chi connectivity index (χ4n) is 9.91. The summed E-state index contributed by atoms with van der Waals surface area (Å²) in [6, 6.07) is 57.4. The lowest BCUT2D eigenvalue weighted by Gasteiger charge is -2.10. The van der Waals surface area contributed by atoms with Crippen LogP contribution in [0.3, 0.4) is 0 Å². The maximum Gasteiger partial charge on any atom is 0.335 e. The average Bonchev–Trinajstić information content (AvgIpc) is 1.77. The van der Waals surface area contributed by atoms with Gasteiger partial charge in [-0.05, 0) is 178 Å². The summed E-state index contributed by atoms with van der Waals surface area (Å²) in [4.78, 5) is 49.6. The first-order valence-corrected chi connectivity index (χ1v) is 32.1. The van der Waals surface area contributed by atoms with E-state index in [1.807, 2.05) is 228 Å². The Morgan fingerprint density at radius 3 is 0.928 bits per heavy atom. The molecule has 6 amide bonds. The number of rotatable bonds is 16. The molecule has 0 aliphatic carbocycles. The molecule has 0 fully saturated rings. The highest BCUT2D eigenvalue weighted by molar-refractivity contribution is 7.52. The van der Waals surface area contributed by atoms with Crippen LogP contribution in [-0.4, -0.2) is 79.2 Å². The normalized spacial score (nSPS) is 10.2. The van der Waals surface area contributed by atoms with Crippen molar-refractivity contribution >= 4 is 75.4 Å². The lowest BCUT2D eigenvalue weighted by Crippen LogP contribution is -2.19. The maximum atomic E-state index is 12.5. The number of amides is 6. The summed E-state index contributed by atoms with van der Waals surface area (Å²) in [6.45, 7) is 14.6. The van der Waals surface area contributed by atoms with Crippen LogP contribution in [0.5, 0.6) is 0 Å². The van der Waals surface area contributed by atoms with Crippen molar-refractivity contribution in [2.24, 2.45) is 0 Å². The van der Waals surface area contributed by atoms with Crippen molar-refractivity contribution in [3.63, 3.8) is 0 Å². The van der Waals surface area contributed by atoms with Gasteiger partial charge in [0, 0.05) is 143 Å². The second-order valence-corrected chi connectivity index (χ2v) is 21.6. The summed E-state index contributed by atoms with van der Waals surface area (Å²) in [5, 5.41) is 31.5. The van der Waals surface area contributed by atoms with E-state index >= 15 is 0 Å². The monoisotopic (exact) mass is 1330 g/mol. The SMILES string of the molecule is CCc1ccc(NC(=O)Nc2cccc(-c3cn(CC)nc3-c3ccncc3)c2)cc1.CCn1cc(-c2cccc(NC(=O)Nc3ccc(C)cc3)c2)c(-c2ccncc2)n1.CCn1cc(-c2cccc(NC(=O)Nc3cccc(C)c3)c2)c(-c2ccncc2)n1.O=S=O.O=S=O. The molecule has 0 radical (unpaired) electrons. The van der Waals surface area contributed by atoms with E-state index in [9.17, 15) is 14.4 Å². The van der Waals surface area contributed by atoms with Gasteiger partial charge in [0.2, 0.25) is 0 Å². The molecule has 12 rings (SSSR count). The quantitative estimate of drug-likeness (QED) is 0.0525. The molecular weight excluding hydrogens is 1260 g/mol. The van der Waals surface area contributed by atoms with E-state index in [0.717, 1.165) is 121 Å². The number of carbonyl (C=O) groups excluding carboxylic acids is 3. The molecule has 6 aromatic carbocycles. The van der Waals surface area contributed by atoms with E-state index in [2.05, 4.69) is 74.5 Å². The van der Waals surface area contributed by atoms with Crippen molar-refractivity contribution in [3.8, 4) is 67.2 Å². The van der Waals surface area contributed by atoms with Crippen LogP contribution in [0.1, 0.15) is 44.4 Å². The van der Waals surface area contributed by atoms with Crippen molar-refractivity contribution in [2.75, 3.05) is 31.9 Å². The van der Waals surface area contributed by atoms with Gasteiger partial charge < -0.3 is 31.9 Å². The smallest absolute Gasteiger partial charge is 0.308 e. The van der Waals surface area contributed by atoms with Crippen LogP contribution in [-0.2, 0) is 49.2 Å². The molecule has 0 bridgehead atoms. The van der Waals surface area contributed by atoms with Gasteiger partial charge in [0.25, 0.3) is 0 Å². The first-order chi connectivity index (χ1) is 47.2. The number of benzene rings is 6. The molecule has 6 aromatic heterocycles. The standard InChI is InChI=1S/C25H25N5O.2C24H23N5O.2O2S/c1-3-18-8-10-21(11-9-18)27-25(31)28-22-7-5-6-20(16-22)23-17-30(4-2)29-24(23)19-12-14-26-15-13-19;1-3-29-16-22(23(28-29)18-10-12-25-13-11-18)19-7-5-9-21(15-19)27-24(30)26-20-8-4-6-17(2)14-20;1-3-29-16-22(23(28-29)18-11-13-25-14-12-18)19-5-4-6-21(15-19)27-24(30)26-20-9-7-17(2)8-10-20;2*1-3-2/h5-17H,3-4H2,1-2H3,(H2,27,28,31);2*4-16H,3H2,1-2H3,(H2,26,27,30);;. The third-order valence-corrected chi connectivity index (χ3v) is 14.6. The molecule has 97 heavy (non-hydrogen) atoms. The van der Waals surface area contributed by atoms with Crippen molar-refractivity contribution in [1.29, 1.82) is 0 Å². The Bertz CT molecular complexity index is 4600. The zero-order chi connectivity index (χ0) is 68.9. The molecule has 0 unspecified atom stereocenters. The van der Waals surface area contributed by atoms with E-state index in [-0.39, 0.29) is 18.1 Å². The van der Waals surface area contributed by atoms with E-state index in [4.69, 9.17) is 32.1 Å². The Hall–Kier alpha value is -12.2. The fraction of sp³-hybridized carbons (Fsp3) is 0.137. The second-order valence-electron chi connectivity index (χ2n) is 21.4. The fourth-order valence-corrected chi connectivity index (χ4v) is 9.91. The van der Waals surface area contributed by atoms with E-state index in [0.29, 0.717) is 17.1 Å². The van der Waals surface area contributed by atoms with Gasteiger partial charge in [0.05, 0.1) is 0 Å². The van der Waals surface area contributed by atoms with Crippen molar-refractivity contribution in [3.05, 3.63) is 254 Å². The van der Waals surface area contributed by atoms with E-state index in [1.54, 1.807) is 37.2 Å². The Kier molecular flexibility index (Phi) is 26.5. The minimum atomic E-state index is -0.750. The van der Waals surface area contributed by atoms with Crippen molar-refractivity contribution < 1.29 is 31.2 Å². The zero-order valence-electron chi connectivity index (χ0n) is 54.0. The molecule has 6 N–H and O–H groups in total. The van der Waals surface area contributed by atoms with Gasteiger partial charge in [-0.15, -0.1) is 0 Å². The predicted octanol–water partition coefficient (Wildman–Crippen LogP) is 15.7. The van der Waals surface area contributed by atoms with Gasteiger partial charge in [-0.2, -0.15) is 32.1 Å². The van der Waals surface area contributed by atoms with Gasteiger partial charge in [0.15, 0.2) is 0 Å². The van der Waals surface area contributed by atoms with Gasteiger partial charge >= 0.3 is 41.2 Å². The van der Waals surface area contributed by atoms with Crippen LogP contribution in [0.4, 0.5) is 48.5 Å². The molecule has 0 atom stereocenters. The Morgan fingerprint density at radius 1 is 0.340 bits per heavy atom. The van der Waals surface area contributed by atoms with Gasteiger partial charge in [-0.3, -0.25) is 29.0 Å². The van der Waals surface area contributed by atoms with Gasteiger partial charge in [-0.25, -0.2) is 14.4 Å². The number of pyridine rings is 3. The zero-order valence-corrected chi connectivity index (χ0v) is 55.7. The first-order valence-electron chi connectivity index (χ1n) is 30.8. The number of aromatic nitrogens is 9. The molecular formula is C73H71N15O7S2. The molecule has 24 heteroatoms. The van der Waals surface area contributed by atoms with Crippen molar-refractivity contribution in [1.82, 2.24) is 44.3 Å². The highest BCUT2D eigenvalue weighted by Crippen LogP contribution is 2.35. The highest BCUT2D eigenvalue weighted by Gasteiger charge is 2.18. The highest BCUT2D eigenvalue weighted by atomic mass is 32.1. The molecule has 6 heterocycles. The largest absolute Gasteiger partial charge is 0.335 e. The Morgan fingerprint density at radius 2 is 0.629 bits per heavy atom. The van der Waals surface area contributed by atoms with E-state index < -0.39 is 23.1 Å². The number of hydrogen-bond donors (Lipinski definition) is 6. The number of aryl methyl sites for hydroxylation is 6. The third-order valence-electron chi connectivity index (χ3n) is 14.6. The minimum absolute atomic E-state index is 0.278. The number of nitrogens with zero attached hydrogens (tertiary/aromatic N) is 9. The van der Waals surface area contributed by atoms with E-state index in [1.165, 1.54) is 5.56 Å². The van der Waals surface area contributed by atoms with Crippen LogP contribution in [0.15, 0.2) is 238 Å². The summed E-state index contributed by atoms with van der Waals surface area (Å²) in [5.74, 6) is 0. The molecule has 0 aliphatic rings. The summed E-state index contributed by atoms with van der Waals surface area (Å²) >= 11 is -1.50. The molecule has 492 valence electrons. The summed E-state index contributed by atoms with van der Waals surface area (Å²) < 4.78 is 38.9. The predicted molar refractivity (Wildman–Crippen MR) is 384 cm³/mol. The van der Waals surface area contributed by atoms with Crippen LogP contribution in [0.2, 0.25) is 0 Å². The van der Waals surface area contributed by atoms with Crippen molar-refractivity contribution in [2.45, 2.75) is 67.6 Å². The maximum absolute atomic E-state index is 12.5. The van der Waals surface area contributed by atoms with Gasteiger partial charge in [0.1, 0.15) is 17.1 Å². The Labute approximate surface area is 568 Å². The Balaban J connectivity index is 0.000000178. The lowest BCUT2D eigenvalue weighted by molar-refractivity contribution is 0.261. The third kappa shape index (κ3) is 20.9. The number of carbonyl (C=O) groups is 3. The first kappa shape index (κ1) is 70.7. The van der Waals surface area contributed by atoms with Crippen LogP contribution >= 0.6 is 0 Å². The van der Waals surface area contributed by atoms with Gasteiger partial charge in [-0.1, -0.05) is 85.3 Å². The lowest BCUT2D eigenvalue weighted by atomic mass is 10.0. The van der Waals surface area contributed by atoms with Crippen LogP contribution < -0.4 is 31.9 Å². The minimum Gasteiger partial charge on any atom is -0.308 e. The summed E-state index contributed by atoms with van der Waals surface area (Å²) in [6.07, 6.45) is 17.6. The molecule has 0 saturated carbocycles. The topological polar surface area (TPSA) is 284 Å². The molecule has 0 saturated heterocycles. The summed E-state index contributed by atoms with van der Waals surface area (Å²) in [5.41, 5.74) is 19.5. The molecule has 12 aromatic rings. The summed E-state index contributed by atoms with van der Waals surface area (Å²) in [7, 11) is 0. The average molecular weight is 1330 g/mol. The number of anilines is 6. The molecule has 0 spiro atoms. The second kappa shape index (κ2) is 36.3. The molecule has 0 aliphatic heterocycles. The number of hydrogen-bond acceptors (Lipinski definition) is 13. The van der Waals surface area contributed by atoms with Crippen LogP contribution in [0, 0.1) is 13.8 Å². The number of urea groups is 3. The van der Waals surface area contributed by atoms with Crippen LogP contribution in [0.25, 0.3) is 67.2 Å². The molecule has 22 nitrogen and oxygen atoms in total. The number of nitrogens with one attached hydrogen (secondary N) is 6.